The van der Waals surface area contributed by atoms with Crippen molar-refractivity contribution in [1.29, 1.82) is 0 Å². The number of piperidine rings is 1. The van der Waals surface area contributed by atoms with Crippen LogP contribution in [0.15, 0.2) is 18.2 Å². The molecule has 21 heavy (non-hydrogen) atoms. The van der Waals surface area contributed by atoms with E-state index in [4.69, 9.17) is 0 Å². The molecule has 1 aliphatic rings. The van der Waals surface area contributed by atoms with Gasteiger partial charge in [0.1, 0.15) is 0 Å². The van der Waals surface area contributed by atoms with Gasteiger partial charge in [0.2, 0.25) is 0 Å². The summed E-state index contributed by atoms with van der Waals surface area (Å²) in [5, 5.41) is 17.3. The Bertz CT molecular complexity index is 510. The first-order valence-electron chi connectivity index (χ1n) is 7.31. The van der Waals surface area contributed by atoms with Gasteiger partial charge in [0, 0.05) is 37.1 Å². The van der Waals surface area contributed by atoms with Gasteiger partial charge < -0.3 is 15.5 Å². The number of anilines is 2. The van der Waals surface area contributed by atoms with Crippen LogP contribution in [-0.4, -0.2) is 43.6 Å². The molecular formula is C15H24N4O2. The molecule has 1 saturated heterocycles. The lowest BCUT2D eigenvalue weighted by molar-refractivity contribution is -0.384. The van der Waals surface area contributed by atoms with E-state index in [1.807, 2.05) is 6.07 Å². The van der Waals surface area contributed by atoms with Crippen LogP contribution in [0.4, 0.5) is 17.1 Å². The summed E-state index contributed by atoms with van der Waals surface area (Å²) in [5.41, 5.74) is 1.91. The minimum atomic E-state index is -0.358. The monoisotopic (exact) mass is 292 g/mol. The summed E-state index contributed by atoms with van der Waals surface area (Å²) >= 11 is 0. The van der Waals surface area contributed by atoms with Gasteiger partial charge in [-0.3, -0.25) is 10.1 Å². The fraction of sp³-hybridized carbons (Fsp3) is 0.600. The Balaban J connectivity index is 2.05. The topological polar surface area (TPSA) is 70.4 Å². The maximum Gasteiger partial charge on any atom is 0.273 e. The molecule has 0 atom stereocenters. The summed E-state index contributed by atoms with van der Waals surface area (Å²) in [7, 11) is 3.91. The predicted molar refractivity (Wildman–Crippen MR) is 86.0 cm³/mol. The van der Waals surface area contributed by atoms with E-state index in [1.165, 1.54) is 0 Å². The van der Waals surface area contributed by atoms with Crippen molar-refractivity contribution < 1.29 is 4.92 Å². The molecule has 1 aromatic carbocycles. The summed E-state index contributed by atoms with van der Waals surface area (Å²) in [6.45, 7) is 5.33. The van der Waals surface area contributed by atoms with E-state index in [9.17, 15) is 10.1 Å². The SMILES string of the molecule is CNc1cc(NCC2(C)CCN(C)CC2)cc([N+](=O)[O-])c1. The van der Waals surface area contributed by atoms with E-state index in [0.29, 0.717) is 0 Å². The smallest absolute Gasteiger partial charge is 0.273 e. The molecule has 2 rings (SSSR count). The molecule has 0 aliphatic carbocycles. The lowest BCUT2D eigenvalue weighted by Crippen LogP contribution is -2.40. The van der Waals surface area contributed by atoms with Gasteiger partial charge in [-0.1, -0.05) is 6.92 Å². The van der Waals surface area contributed by atoms with Crippen molar-refractivity contribution in [1.82, 2.24) is 4.90 Å². The molecule has 1 aromatic rings. The number of nitro groups is 1. The first kappa shape index (κ1) is 15.6. The quantitative estimate of drug-likeness (QED) is 0.645. The second-order valence-electron chi connectivity index (χ2n) is 6.24. The molecule has 0 amide bonds. The summed E-state index contributed by atoms with van der Waals surface area (Å²) in [4.78, 5) is 13.0. The number of likely N-dealkylation sites (tertiary alicyclic amines) is 1. The first-order chi connectivity index (χ1) is 9.92. The summed E-state index contributed by atoms with van der Waals surface area (Å²) < 4.78 is 0. The molecule has 116 valence electrons. The van der Waals surface area contributed by atoms with Crippen LogP contribution in [0, 0.1) is 15.5 Å². The van der Waals surface area contributed by atoms with Crippen molar-refractivity contribution in [3.63, 3.8) is 0 Å². The standard InChI is InChI=1S/C15H24N4O2/c1-15(4-6-18(3)7-5-15)11-17-13-8-12(16-2)9-14(10-13)19(20)21/h8-10,16-17H,4-7,11H2,1-3H3. The first-order valence-corrected chi connectivity index (χ1v) is 7.31. The van der Waals surface area contributed by atoms with E-state index >= 15 is 0 Å². The van der Waals surface area contributed by atoms with Gasteiger partial charge in [-0.15, -0.1) is 0 Å². The maximum absolute atomic E-state index is 11.0. The number of nitro benzene ring substituents is 1. The van der Waals surface area contributed by atoms with Crippen LogP contribution in [0.1, 0.15) is 19.8 Å². The highest BCUT2D eigenvalue weighted by Gasteiger charge is 2.28. The highest BCUT2D eigenvalue weighted by molar-refractivity contribution is 5.63. The van der Waals surface area contributed by atoms with Gasteiger partial charge >= 0.3 is 0 Å². The van der Waals surface area contributed by atoms with E-state index < -0.39 is 0 Å². The third-order valence-electron chi connectivity index (χ3n) is 4.33. The minimum absolute atomic E-state index is 0.109. The number of non-ortho nitro benzene ring substituents is 1. The van der Waals surface area contributed by atoms with Crippen LogP contribution >= 0.6 is 0 Å². The van der Waals surface area contributed by atoms with Crippen molar-refractivity contribution in [2.75, 3.05) is 44.4 Å². The molecule has 2 N–H and O–H groups in total. The minimum Gasteiger partial charge on any atom is -0.388 e. The Morgan fingerprint density at radius 3 is 2.48 bits per heavy atom. The number of nitrogens with one attached hydrogen (secondary N) is 2. The van der Waals surface area contributed by atoms with Gasteiger partial charge in [-0.25, -0.2) is 0 Å². The molecule has 1 aliphatic heterocycles. The van der Waals surface area contributed by atoms with Crippen molar-refractivity contribution in [3.05, 3.63) is 28.3 Å². The van der Waals surface area contributed by atoms with Gasteiger partial charge in [-0.2, -0.15) is 0 Å². The Morgan fingerprint density at radius 2 is 1.90 bits per heavy atom. The lowest BCUT2D eigenvalue weighted by atomic mass is 9.80. The van der Waals surface area contributed by atoms with Crippen molar-refractivity contribution in [3.8, 4) is 0 Å². The number of nitrogens with zero attached hydrogens (tertiary/aromatic N) is 2. The largest absolute Gasteiger partial charge is 0.388 e. The fourth-order valence-corrected chi connectivity index (χ4v) is 2.61. The second-order valence-corrected chi connectivity index (χ2v) is 6.24. The van der Waals surface area contributed by atoms with E-state index in [2.05, 4.69) is 29.5 Å². The Morgan fingerprint density at radius 1 is 1.29 bits per heavy atom. The van der Waals surface area contributed by atoms with Gasteiger partial charge in [0.05, 0.1) is 4.92 Å². The zero-order chi connectivity index (χ0) is 15.5. The summed E-state index contributed by atoms with van der Waals surface area (Å²) in [6.07, 6.45) is 2.29. The maximum atomic E-state index is 11.0. The fourth-order valence-electron chi connectivity index (χ4n) is 2.61. The highest BCUT2D eigenvalue weighted by Crippen LogP contribution is 2.31. The lowest BCUT2D eigenvalue weighted by Gasteiger charge is -2.38. The molecule has 0 bridgehead atoms. The van der Waals surface area contributed by atoms with Gasteiger partial charge in [-0.05, 0) is 44.5 Å². The van der Waals surface area contributed by atoms with Crippen LogP contribution in [-0.2, 0) is 0 Å². The zero-order valence-corrected chi connectivity index (χ0v) is 13.0. The number of benzene rings is 1. The van der Waals surface area contributed by atoms with E-state index in [0.717, 1.165) is 43.9 Å². The van der Waals surface area contributed by atoms with Crippen LogP contribution in [0.5, 0.6) is 0 Å². The third kappa shape index (κ3) is 4.07. The third-order valence-corrected chi connectivity index (χ3v) is 4.33. The summed E-state index contributed by atoms with van der Waals surface area (Å²) in [6, 6.07) is 5.05. The van der Waals surface area contributed by atoms with Crippen LogP contribution in [0.3, 0.4) is 0 Å². The van der Waals surface area contributed by atoms with Gasteiger partial charge in [0.25, 0.3) is 5.69 Å². The highest BCUT2D eigenvalue weighted by atomic mass is 16.6. The average molecular weight is 292 g/mol. The Kier molecular flexibility index (Phi) is 4.67. The van der Waals surface area contributed by atoms with Gasteiger partial charge in [0.15, 0.2) is 0 Å². The van der Waals surface area contributed by atoms with E-state index in [-0.39, 0.29) is 16.0 Å². The molecule has 0 spiro atoms. The molecule has 0 saturated carbocycles. The average Bonchev–Trinajstić information content (AvgIpc) is 2.48. The molecule has 0 radical (unpaired) electrons. The molecule has 0 aromatic heterocycles. The molecule has 6 heteroatoms. The predicted octanol–water partition coefficient (Wildman–Crippen LogP) is 2.78. The molecular weight excluding hydrogens is 268 g/mol. The number of rotatable bonds is 5. The molecule has 1 fully saturated rings. The van der Waals surface area contributed by atoms with Crippen molar-refractivity contribution in [2.24, 2.45) is 5.41 Å². The number of hydrogen-bond donors (Lipinski definition) is 2. The molecule has 1 heterocycles. The zero-order valence-electron chi connectivity index (χ0n) is 13.0. The van der Waals surface area contributed by atoms with Crippen LogP contribution in [0.2, 0.25) is 0 Å². The second kappa shape index (κ2) is 6.30. The molecule has 0 unspecified atom stereocenters. The number of hydrogen-bond acceptors (Lipinski definition) is 5. The van der Waals surface area contributed by atoms with E-state index in [1.54, 1.807) is 19.2 Å². The summed E-state index contributed by atoms with van der Waals surface area (Å²) in [5.74, 6) is 0. The van der Waals surface area contributed by atoms with Crippen molar-refractivity contribution >= 4 is 17.1 Å². The normalized spacial score (nSPS) is 18.2. The van der Waals surface area contributed by atoms with Crippen LogP contribution < -0.4 is 10.6 Å². The Hall–Kier alpha value is -1.82. The van der Waals surface area contributed by atoms with Crippen LogP contribution in [0.25, 0.3) is 0 Å². The van der Waals surface area contributed by atoms with Crippen molar-refractivity contribution in [2.45, 2.75) is 19.8 Å². The Labute approximate surface area is 125 Å². The molecule has 6 nitrogen and oxygen atoms in total.